The lowest BCUT2D eigenvalue weighted by Gasteiger charge is -2.23. The number of para-hydroxylation sites is 2. The zero-order valence-electron chi connectivity index (χ0n) is 30.6. The predicted octanol–water partition coefficient (Wildman–Crippen LogP) is 12.1. The monoisotopic (exact) mass is 706 g/mol. The van der Waals surface area contributed by atoms with Gasteiger partial charge in [0.25, 0.3) is 0 Å². The van der Waals surface area contributed by atoms with Crippen molar-refractivity contribution in [3.8, 4) is 23.0 Å². The summed E-state index contributed by atoms with van der Waals surface area (Å²) in [5.74, 6) is 3.07. The van der Waals surface area contributed by atoms with Crippen LogP contribution in [0.4, 0.5) is 0 Å². The summed E-state index contributed by atoms with van der Waals surface area (Å²) in [4.78, 5) is 20.7. The fourth-order valence-corrected chi connectivity index (χ4v) is 8.71. The van der Waals surface area contributed by atoms with E-state index in [4.69, 9.17) is 19.9 Å². The third-order valence-corrected chi connectivity index (χ3v) is 11.4. The first kappa shape index (κ1) is 31.8. The van der Waals surface area contributed by atoms with E-state index in [2.05, 4.69) is 172 Å². The fraction of sp³-hybridized carbons (Fsp3) is 0.174. The second-order valence-corrected chi connectivity index (χ2v) is 17.1. The van der Waals surface area contributed by atoms with Crippen LogP contribution in [0.25, 0.3) is 86.8 Å². The number of pyridine rings is 1. The number of aromatic nitrogens is 6. The molecule has 0 unspecified atom stereocenters. The first-order chi connectivity index (χ1) is 25.5. The van der Waals surface area contributed by atoms with Gasteiger partial charge in [0.05, 0.1) is 27.8 Å². The molecular weight excluding hydrogens is 669 g/mol. The summed E-state index contributed by atoms with van der Waals surface area (Å²) < 4.78 is 7.12. The molecule has 0 bridgehead atoms. The molecular formula is C46H38N6S. The largest absolute Gasteiger partial charge is 0.294 e. The molecule has 6 nitrogen and oxygen atoms in total. The van der Waals surface area contributed by atoms with E-state index in [1.54, 1.807) is 0 Å². The van der Waals surface area contributed by atoms with Crippen molar-refractivity contribution in [2.24, 2.45) is 0 Å². The molecule has 10 rings (SSSR count). The Labute approximate surface area is 311 Å². The third kappa shape index (κ3) is 4.98. The normalized spacial score (nSPS) is 12.7. The number of hydrogen-bond acceptors (Lipinski definition) is 5. The molecule has 258 valence electrons. The molecule has 0 atom stereocenters. The number of nitrogens with zero attached hydrogens (tertiary/aromatic N) is 6. The Balaban J connectivity index is 1.24. The van der Waals surface area contributed by atoms with Crippen molar-refractivity contribution in [2.75, 3.05) is 0 Å². The summed E-state index contributed by atoms with van der Waals surface area (Å²) >= 11 is 1.84. The fourth-order valence-electron chi connectivity index (χ4n) is 7.62. The predicted molar refractivity (Wildman–Crippen MR) is 222 cm³/mol. The summed E-state index contributed by atoms with van der Waals surface area (Å²) in [7, 11) is 0. The highest BCUT2D eigenvalue weighted by Gasteiger charge is 2.27. The van der Waals surface area contributed by atoms with E-state index in [1.807, 2.05) is 11.3 Å². The minimum atomic E-state index is -0.256. The lowest BCUT2D eigenvalue weighted by atomic mass is 9.93. The van der Waals surface area contributed by atoms with Crippen molar-refractivity contribution in [3.05, 3.63) is 133 Å². The average Bonchev–Trinajstić information content (AvgIpc) is 3.80. The van der Waals surface area contributed by atoms with Crippen LogP contribution in [-0.2, 0) is 10.8 Å². The van der Waals surface area contributed by atoms with Crippen molar-refractivity contribution in [2.45, 2.75) is 52.4 Å². The van der Waals surface area contributed by atoms with Crippen LogP contribution in [-0.4, -0.2) is 29.1 Å². The molecule has 0 saturated heterocycles. The molecule has 0 aliphatic heterocycles. The van der Waals surface area contributed by atoms with Gasteiger partial charge in [0.1, 0.15) is 17.5 Å². The van der Waals surface area contributed by atoms with E-state index in [1.165, 1.54) is 30.9 Å². The SMILES string of the molecule is CC(C)(C)c1nc(-n2c3ccccc3c3cc4c5ccccc5n(-c5cccc(-c6ccc7sc8ccccc8c7c6)n5)c4cc32)nc(C(C)(C)C)n1. The van der Waals surface area contributed by atoms with Gasteiger partial charge >= 0.3 is 0 Å². The van der Waals surface area contributed by atoms with Gasteiger partial charge < -0.3 is 0 Å². The molecule has 7 heteroatoms. The van der Waals surface area contributed by atoms with Crippen molar-refractivity contribution >= 4 is 75.1 Å². The Morgan fingerprint density at radius 3 is 1.70 bits per heavy atom. The second-order valence-electron chi connectivity index (χ2n) is 16.1. The molecule has 0 spiro atoms. The van der Waals surface area contributed by atoms with Gasteiger partial charge in [-0.3, -0.25) is 9.13 Å². The zero-order chi connectivity index (χ0) is 36.2. The molecule has 0 saturated carbocycles. The summed E-state index contributed by atoms with van der Waals surface area (Å²) in [6.45, 7) is 13.0. The summed E-state index contributed by atoms with van der Waals surface area (Å²) in [5.41, 5.74) is 5.82. The molecule has 5 aromatic carbocycles. The number of benzene rings is 5. The maximum atomic E-state index is 5.36. The molecule has 0 fully saturated rings. The van der Waals surface area contributed by atoms with Gasteiger partial charge in [-0.05, 0) is 54.6 Å². The van der Waals surface area contributed by atoms with E-state index in [9.17, 15) is 0 Å². The van der Waals surface area contributed by atoms with Crippen LogP contribution >= 0.6 is 11.3 Å². The molecule has 0 aliphatic carbocycles. The maximum absolute atomic E-state index is 5.36. The molecule has 53 heavy (non-hydrogen) atoms. The van der Waals surface area contributed by atoms with Crippen LogP contribution in [0, 0.1) is 0 Å². The lowest BCUT2D eigenvalue weighted by Crippen LogP contribution is -2.25. The zero-order valence-corrected chi connectivity index (χ0v) is 31.5. The maximum Gasteiger partial charge on any atom is 0.238 e. The minimum Gasteiger partial charge on any atom is -0.294 e. The second kappa shape index (κ2) is 11.3. The Kier molecular flexibility index (Phi) is 6.77. The molecule has 0 radical (unpaired) electrons. The van der Waals surface area contributed by atoms with E-state index >= 15 is 0 Å². The van der Waals surface area contributed by atoms with Crippen molar-refractivity contribution in [3.63, 3.8) is 0 Å². The van der Waals surface area contributed by atoms with Gasteiger partial charge in [-0.25, -0.2) is 9.97 Å². The lowest BCUT2D eigenvalue weighted by molar-refractivity contribution is 0.493. The first-order valence-corrected chi connectivity index (χ1v) is 19.0. The molecule has 0 N–H and O–H groups in total. The highest BCUT2D eigenvalue weighted by atomic mass is 32.1. The van der Waals surface area contributed by atoms with Crippen molar-refractivity contribution in [1.29, 1.82) is 0 Å². The standard InChI is InChI=1S/C46H38N6S/c1-45(2,3)42-48-43(46(4,5)6)50-44(49-42)52-36-19-11-8-15-29(36)32-25-31-28-14-7-10-18-35(28)51(37(31)26-38(32)52)41-21-13-17-34(47-41)27-22-23-40-33(24-27)30-16-9-12-20-39(30)53-40/h7-26H,1-6H3. The molecule has 0 amide bonds. The molecule has 10 aromatic rings. The highest BCUT2D eigenvalue weighted by Crippen LogP contribution is 2.40. The van der Waals surface area contributed by atoms with Gasteiger partial charge in [0.15, 0.2) is 0 Å². The van der Waals surface area contributed by atoms with Gasteiger partial charge in [0, 0.05) is 58.1 Å². The van der Waals surface area contributed by atoms with E-state index in [0.29, 0.717) is 5.95 Å². The van der Waals surface area contributed by atoms with E-state index in [0.717, 1.165) is 61.6 Å². The smallest absolute Gasteiger partial charge is 0.238 e. The Morgan fingerprint density at radius 2 is 1.02 bits per heavy atom. The van der Waals surface area contributed by atoms with Crippen molar-refractivity contribution in [1.82, 2.24) is 29.1 Å². The number of rotatable bonds is 3. The number of thiophene rings is 1. The highest BCUT2D eigenvalue weighted by molar-refractivity contribution is 7.25. The Bertz CT molecular complexity index is 3060. The summed E-state index contributed by atoms with van der Waals surface area (Å²) in [5, 5.41) is 7.23. The summed E-state index contributed by atoms with van der Waals surface area (Å²) in [6, 6.07) is 43.6. The van der Waals surface area contributed by atoms with Crippen LogP contribution in [0.5, 0.6) is 0 Å². The average molecular weight is 707 g/mol. The van der Waals surface area contributed by atoms with Crippen molar-refractivity contribution < 1.29 is 0 Å². The number of hydrogen-bond donors (Lipinski definition) is 0. The number of fused-ring (bicyclic) bond motifs is 9. The quantitative estimate of drug-likeness (QED) is 0.183. The molecule has 5 aromatic heterocycles. The van der Waals surface area contributed by atoms with Crippen LogP contribution < -0.4 is 0 Å². The van der Waals surface area contributed by atoms with Crippen LogP contribution in [0.15, 0.2) is 121 Å². The van der Waals surface area contributed by atoms with Gasteiger partial charge in [-0.2, -0.15) is 9.97 Å². The first-order valence-electron chi connectivity index (χ1n) is 18.2. The Hall–Kier alpha value is -5.92. The summed E-state index contributed by atoms with van der Waals surface area (Å²) in [6.07, 6.45) is 0. The van der Waals surface area contributed by atoms with Gasteiger partial charge in [0.2, 0.25) is 5.95 Å². The van der Waals surface area contributed by atoms with E-state index in [-0.39, 0.29) is 10.8 Å². The van der Waals surface area contributed by atoms with E-state index < -0.39 is 0 Å². The minimum absolute atomic E-state index is 0.256. The van der Waals surface area contributed by atoms with Crippen LogP contribution in [0.3, 0.4) is 0 Å². The topological polar surface area (TPSA) is 61.4 Å². The Morgan fingerprint density at radius 1 is 0.434 bits per heavy atom. The molecule has 0 aliphatic rings. The van der Waals surface area contributed by atoms with Crippen LogP contribution in [0.1, 0.15) is 53.2 Å². The van der Waals surface area contributed by atoms with Gasteiger partial charge in [-0.1, -0.05) is 108 Å². The molecule has 5 heterocycles. The van der Waals surface area contributed by atoms with Crippen LogP contribution in [0.2, 0.25) is 0 Å². The van der Waals surface area contributed by atoms with Gasteiger partial charge in [-0.15, -0.1) is 11.3 Å². The third-order valence-electron chi connectivity index (χ3n) is 10.3.